The Morgan fingerprint density at radius 3 is 2.79 bits per heavy atom. The van der Waals surface area contributed by atoms with Crippen LogP contribution < -0.4 is 11.1 Å². The average Bonchev–Trinajstić information content (AvgIpc) is 2.22. The first-order valence-corrected chi connectivity index (χ1v) is 6.30. The molecular formula is C13H20N4O2. The fraction of sp³-hybridized carbons (Fsp3) is 0.538. The normalized spacial score (nSPS) is 15.8. The van der Waals surface area contributed by atoms with Crippen molar-refractivity contribution in [1.29, 1.82) is 0 Å². The number of ether oxygens (including phenoxy) is 1. The largest absolute Gasteiger partial charge is 0.444 e. The summed E-state index contributed by atoms with van der Waals surface area (Å²) in [6.07, 6.45) is 1.37. The molecule has 1 fully saturated rings. The van der Waals surface area contributed by atoms with Crippen molar-refractivity contribution < 1.29 is 9.53 Å². The van der Waals surface area contributed by atoms with Crippen molar-refractivity contribution in [2.75, 3.05) is 24.1 Å². The van der Waals surface area contributed by atoms with E-state index in [0.29, 0.717) is 18.9 Å². The lowest BCUT2D eigenvalue weighted by Crippen LogP contribution is -2.58. The Balaban J connectivity index is 1.81. The van der Waals surface area contributed by atoms with E-state index in [9.17, 15) is 4.79 Å². The molecule has 0 radical (unpaired) electrons. The lowest BCUT2D eigenvalue weighted by molar-refractivity contribution is 0.0105. The van der Waals surface area contributed by atoms with Crippen molar-refractivity contribution in [2.24, 2.45) is 0 Å². The first-order chi connectivity index (χ1) is 8.85. The van der Waals surface area contributed by atoms with Crippen LogP contribution in [0.4, 0.5) is 16.3 Å². The topological polar surface area (TPSA) is 80.5 Å². The van der Waals surface area contributed by atoms with Gasteiger partial charge < -0.3 is 20.7 Å². The average molecular weight is 264 g/mol. The minimum absolute atomic E-state index is 0.194. The number of aromatic nitrogens is 1. The number of rotatable bonds is 2. The van der Waals surface area contributed by atoms with E-state index < -0.39 is 5.60 Å². The number of amides is 1. The van der Waals surface area contributed by atoms with Gasteiger partial charge in [0.25, 0.3) is 0 Å². The molecule has 0 spiro atoms. The summed E-state index contributed by atoms with van der Waals surface area (Å²) in [6, 6.07) is 3.89. The zero-order chi connectivity index (χ0) is 14.0. The molecule has 0 aliphatic carbocycles. The Bertz CT molecular complexity index is 464. The molecule has 1 aromatic heterocycles. The highest BCUT2D eigenvalue weighted by molar-refractivity contribution is 5.70. The van der Waals surface area contributed by atoms with Crippen LogP contribution >= 0.6 is 0 Å². The van der Waals surface area contributed by atoms with Crippen molar-refractivity contribution in [1.82, 2.24) is 9.88 Å². The van der Waals surface area contributed by atoms with E-state index in [-0.39, 0.29) is 12.1 Å². The SMILES string of the molecule is CC(C)(C)OC(=O)N1CC(Nc2cccnc2N)C1. The van der Waals surface area contributed by atoms with Gasteiger partial charge in [0, 0.05) is 19.3 Å². The molecule has 6 heteroatoms. The predicted octanol–water partition coefficient (Wildman–Crippen LogP) is 1.69. The Kier molecular flexibility index (Phi) is 3.50. The lowest BCUT2D eigenvalue weighted by Gasteiger charge is -2.40. The van der Waals surface area contributed by atoms with Gasteiger partial charge in [-0.05, 0) is 32.9 Å². The van der Waals surface area contributed by atoms with Crippen molar-refractivity contribution in [3.63, 3.8) is 0 Å². The molecule has 1 aliphatic rings. The number of pyridine rings is 1. The van der Waals surface area contributed by atoms with E-state index in [0.717, 1.165) is 5.69 Å². The van der Waals surface area contributed by atoms with Crippen molar-refractivity contribution in [3.8, 4) is 0 Å². The summed E-state index contributed by atoms with van der Waals surface area (Å²) in [7, 11) is 0. The maximum absolute atomic E-state index is 11.7. The third-order valence-corrected chi connectivity index (χ3v) is 2.73. The van der Waals surface area contributed by atoms with Gasteiger partial charge in [0.1, 0.15) is 11.4 Å². The summed E-state index contributed by atoms with van der Waals surface area (Å²) >= 11 is 0. The molecule has 0 saturated carbocycles. The van der Waals surface area contributed by atoms with E-state index in [1.807, 2.05) is 32.9 Å². The van der Waals surface area contributed by atoms with Crippen LogP contribution in [0.25, 0.3) is 0 Å². The Labute approximate surface area is 112 Å². The molecule has 1 amide bonds. The Morgan fingerprint density at radius 2 is 2.21 bits per heavy atom. The maximum atomic E-state index is 11.7. The number of nitrogen functional groups attached to an aromatic ring is 1. The highest BCUT2D eigenvalue weighted by atomic mass is 16.6. The zero-order valence-electron chi connectivity index (χ0n) is 11.5. The van der Waals surface area contributed by atoms with Crippen LogP contribution in [-0.4, -0.2) is 40.7 Å². The highest BCUT2D eigenvalue weighted by Crippen LogP contribution is 2.21. The minimum atomic E-state index is -0.455. The molecule has 0 unspecified atom stereocenters. The third-order valence-electron chi connectivity index (χ3n) is 2.73. The van der Waals surface area contributed by atoms with Gasteiger partial charge in [-0.15, -0.1) is 0 Å². The number of nitrogens with two attached hydrogens (primary N) is 1. The molecule has 0 aromatic carbocycles. The molecule has 1 aliphatic heterocycles. The van der Waals surface area contributed by atoms with E-state index in [1.54, 1.807) is 11.1 Å². The summed E-state index contributed by atoms with van der Waals surface area (Å²) in [4.78, 5) is 17.4. The molecule has 1 aromatic rings. The van der Waals surface area contributed by atoms with Crippen LogP contribution in [0.5, 0.6) is 0 Å². The van der Waals surface area contributed by atoms with Gasteiger partial charge in [-0.2, -0.15) is 0 Å². The fourth-order valence-electron chi connectivity index (χ4n) is 1.80. The molecule has 2 heterocycles. The second-order valence-corrected chi connectivity index (χ2v) is 5.66. The van der Waals surface area contributed by atoms with E-state index in [2.05, 4.69) is 10.3 Å². The highest BCUT2D eigenvalue weighted by Gasteiger charge is 2.33. The molecular weight excluding hydrogens is 244 g/mol. The number of likely N-dealkylation sites (tertiary alicyclic amines) is 1. The summed E-state index contributed by atoms with van der Waals surface area (Å²) in [5, 5.41) is 3.26. The number of hydrogen-bond donors (Lipinski definition) is 2. The summed E-state index contributed by atoms with van der Waals surface area (Å²) in [6.45, 7) is 6.80. The zero-order valence-corrected chi connectivity index (χ0v) is 11.5. The van der Waals surface area contributed by atoms with Gasteiger partial charge >= 0.3 is 6.09 Å². The van der Waals surface area contributed by atoms with Gasteiger partial charge in [-0.3, -0.25) is 0 Å². The molecule has 104 valence electrons. The Morgan fingerprint density at radius 1 is 1.53 bits per heavy atom. The van der Waals surface area contributed by atoms with Gasteiger partial charge in [0.05, 0.1) is 11.7 Å². The molecule has 0 atom stereocenters. The van der Waals surface area contributed by atoms with Gasteiger partial charge in [0.2, 0.25) is 0 Å². The summed E-state index contributed by atoms with van der Waals surface area (Å²) in [5.41, 5.74) is 6.09. The van der Waals surface area contributed by atoms with Crippen molar-refractivity contribution in [2.45, 2.75) is 32.4 Å². The molecule has 0 bridgehead atoms. The second-order valence-electron chi connectivity index (χ2n) is 5.66. The minimum Gasteiger partial charge on any atom is -0.444 e. The molecule has 6 nitrogen and oxygen atoms in total. The van der Waals surface area contributed by atoms with Crippen LogP contribution in [0.3, 0.4) is 0 Å². The predicted molar refractivity (Wildman–Crippen MR) is 73.9 cm³/mol. The summed E-state index contributed by atoms with van der Waals surface area (Å²) < 4.78 is 5.29. The molecule has 1 saturated heterocycles. The quantitative estimate of drug-likeness (QED) is 0.849. The smallest absolute Gasteiger partial charge is 0.410 e. The number of carbonyl (C=O) groups is 1. The molecule has 3 N–H and O–H groups in total. The number of nitrogens with one attached hydrogen (secondary N) is 1. The van der Waals surface area contributed by atoms with E-state index >= 15 is 0 Å². The fourth-order valence-corrected chi connectivity index (χ4v) is 1.80. The third kappa shape index (κ3) is 3.49. The van der Waals surface area contributed by atoms with Crippen LogP contribution in [0.2, 0.25) is 0 Å². The molecule has 2 rings (SSSR count). The second kappa shape index (κ2) is 4.95. The Hall–Kier alpha value is -1.98. The lowest BCUT2D eigenvalue weighted by atomic mass is 10.1. The molecule has 19 heavy (non-hydrogen) atoms. The number of carbonyl (C=O) groups excluding carboxylic acids is 1. The standard InChI is InChI=1S/C13H20N4O2/c1-13(2,3)19-12(18)17-7-9(8-17)16-10-5-4-6-15-11(10)14/h4-6,9,16H,7-8H2,1-3H3,(H2,14,15). The number of hydrogen-bond acceptors (Lipinski definition) is 5. The van der Waals surface area contributed by atoms with E-state index in [4.69, 9.17) is 10.5 Å². The van der Waals surface area contributed by atoms with Crippen molar-refractivity contribution in [3.05, 3.63) is 18.3 Å². The van der Waals surface area contributed by atoms with Crippen LogP contribution in [0.15, 0.2) is 18.3 Å². The maximum Gasteiger partial charge on any atom is 0.410 e. The number of anilines is 2. The number of nitrogens with zero attached hydrogens (tertiary/aromatic N) is 2. The van der Waals surface area contributed by atoms with Crippen LogP contribution in [0, 0.1) is 0 Å². The van der Waals surface area contributed by atoms with Gasteiger partial charge in [0.15, 0.2) is 0 Å². The van der Waals surface area contributed by atoms with Crippen LogP contribution in [-0.2, 0) is 4.74 Å². The van der Waals surface area contributed by atoms with E-state index in [1.165, 1.54) is 0 Å². The van der Waals surface area contributed by atoms with Gasteiger partial charge in [-0.1, -0.05) is 0 Å². The van der Waals surface area contributed by atoms with Crippen molar-refractivity contribution >= 4 is 17.6 Å². The monoisotopic (exact) mass is 264 g/mol. The first-order valence-electron chi connectivity index (χ1n) is 6.30. The van der Waals surface area contributed by atoms with Gasteiger partial charge in [-0.25, -0.2) is 9.78 Å². The van der Waals surface area contributed by atoms with Crippen LogP contribution in [0.1, 0.15) is 20.8 Å². The summed E-state index contributed by atoms with van der Waals surface area (Å²) in [5.74, 6) is 0.471. The first kappa shape index (κ1) is 13.5.